The lowest BCUT2D eigenvalue weighted by atomic mass is 10.2. The van der Waals surface area contributed by atoms with E-state index in [1.54, 1.807) is 17.8 Å². The number of hydrogen-bond donors (Lipinski definition) is 2. The van der Waals surface area contributed by atoms with E-state index in [-0.39, 0.29) is 11.9 Å². The second-order valence-electron chi connectivity index (χ2n) is 5.73. The molecule has 0 saturated carbocycles. The van der Waals surface area contributed by atoms with Crippen LogP contribution in [0.1, 0.15) is 23.9 Å². The summed E-state index contributed by atoms with van der Waals surface area (Å²) in [7, 11) is 0. The zero-order chi connectivity index (χ0) is 17.5. The molecule has 1 amide bonds. The van der Waals surface area contributed by atoms with Crippen LogP contribution in [0.4, 0.5) is 0 Å². The molecule has 0 aliphatic rings. The molecule has 1 unspecified atom stereocenters. The van der Waals surface area contributed by atoms with E-state index in [4.69, 9.17) is 0 Å². The van der Waals surface area contributed by atoms with Gasteiger partial charge in [0.05, 0.1) is 17.1 Å². The van der Waals surface area contributed by atoms with Crippen molar-refractivity contribution >= 4 is 34.8 Å². The molecule has 0 aliphatic heterocycles. The average Bonchev–Trinajstić information content (AvgIpc) is 3.08. The second kappa shape index (κ2) is 8.53. The van der Waals surface area contributed by atoms with E-state index in [0.29, 0.717) is 0 Å². The first-order chi connectivity index (χ1) is 12.3. The number of amides is 1. The van der Waals surface area contributed by atoms with Gasteiger partial charge in [-0.1, -0.05) is 42.5 Å². The van der Waals surface area contributed by atoms with Crippen LogP contribution >= 0.6 is 11.8 Å². The smallest absolute Gasteiger partial charge is 0.244 e. The molecule has 1 atom stereocenters. The van der Waals surface area contributed by atoms with Crippen molar-refractivity contribution < 1.29 is 4.79 Å². The Morgan fingerprint density at radius 3 is 2.72 bits per heavy atom. The summed E-state index contributed by atoms with van der Waals surface area (Å²) in [5, 5.41) is 3.07. The van der Waals surface area contributed by atoms with Gasteiger partial charge in [-0.2, -0.15) is 11.8 Å². The Morgan fingerprint density at radius 1 is 1.20 bits per heavy atom. The van der Waals surface area contributed by atoms with Gasteiger partial charge in [0, 0.05) is 6.08 Å². The Bertz CT molecular complexity index is 825. The summed E-state index contributed by atoms with van der Waals surface area (Å²) in [6.45, 7) is 0. The zero-order valence-electron chi connectivity index (χ0n) is 14.1. The van der Waals surface area contributed by atoms with Crippen molar-refractivity contribution in [1.29, 1.82) is 0 Å². The van der Waals surface area contributed by atoms with E-state index < -0.39 is 0 Å². The molecule has 0 bridgehead atoms. The van der Waals surface area contributed by atoms with Gasteiger partial charge in [-0.25, -0.2) is 4.98 Å². The molecule has 2 aromatic carbocycles. The van der Waals surface area contributed by atoms with Crippen LogP contribution in [0.3, 0.4) is 0 Å². The third kappa shape index (κ3) is 4.73. The third-order valence-corrected chi connectivity index (χ3v) is 4.54. The van der Waals surface area contributed by atoms with Gasteiger partial charge < -0.3 is 10.3 Å². The molecule has 0 radical (unpaired) electrons. The fourth-order valence-corrected chi connectivity index (χ4v) is 3.08. The van der Waals surface area contributed by atoms with E-state index in [1.165, 1.54) is 0 Å². The number of aromatic nitrogens is 2. The number of carbonyl (C=O) groups excluding carboxylic acids is 1. The topological polar surface area (TPSA) is 57.8 Å². The minimum Gasteiger partial charge on any atom is -0.343 e. The van der Waals surface area contributed by atoms with Crippen molar-refractivity contribution in [2.24, 2.45) is 0 Å². The molecular weight excluding hydrogens is 330 g/mol. The molecule has 1 aromatic heterocycles. The number of nitrogens with one attached hydrogen (secondary N) is 2. The molecule has 0 aliphatic carbocycles. The molecule has 0 fully saturated rings. The van der Waals surface area contributed by atoms with E-state index in [2.05, 4.69) is 21.5 Å². The van der Waals surface area contributed by atoms with Crippen molar-refractivity contribution in [2.45, 2.75) is 12.5 Å². The Labute approximate surface area is 151 Å². The fourth-order valence-electron chi connectivity index (χ4n) is 2.61. The minimum absolute atomic E-state index is 0.115. The highest BCUT2D eigenvalue weighted by Gasteiger charge is 2.17. The van der Waals surface area contributed by atoms with Crippen LogP contribution in [-0.2, 0) is 4.79 Å². The van der Waals surface area contributed by atoms with Crippen LogP contribution in [-0.4, -0.2) is 27.9 Å². The molecule has 0 spiro atoms. The van der Waals surface area contributed by atoms with Crippen molar-refractivity contribution in [2.75, 3.05) is 12.0 Å². The van der Waals surface area contributed by atoms with Gasteiger partial charge in [-0.15, -0.1) is 0 Å². The van der Waals surface area contributed by atoms with E-state index >= 15 is 0 Å². The number of nitrogens with zero attached hydrogens (tertiary/aromatic N) is 1. The molecule has 0 saturated heterocycles. The lowest BCUT2D eigenvalue weighted by Gasteiger charge is -2.15. The normalized spacial score (nSPS) is 12.5. The van der Waals surface area contributed by atoms with Crippen molar-refractivity contribution in [3.8, 4) is 0 Å². The molecule has 3 rings (SSSR count). The SMILES string of the molecule is CSCCC(NC(=O)/C=C/c1ccccc1)c1nc2ccccc2[nH]1. The van der Waals surface area contributed by atoms with Gasteiger partial charge in [0.1, 0.15) is 5.82 Å². The molecule has 128 valence electrons. The van der Waals surface area contributed by atoms with Gasteiger partial charge in [0.15, 0.2) is 0 Å². The standard InChI is InChI=1S/C20H21N3OS/c1-25-14-13-18(20-22-16-9-5-6-10-17(16)23-20)21-19(24)12-11-15-7-3-2-4-8-15/h2-12,18H,13-14H2,1H3,(H,21,24)(H,22,23)/b12-11+. The second-order valence-corrected chi connectivity index (χ2v) is 6.71. The summed E-state index contributed by atoms with van der Waals surface area (Å²) in [6.07, 6.45) is 6.28. The monoisotopic (exact) mass is 351 g/mol. The molecular formula is C20H21N3OS. The van der Waals surface area contributed by atoms with Crippen molar-refractivity contribution in [1.82, 2.24) is 15.3 Å². The number of carbonyl (C=O) groups is 1. The molecule has 2 N–H and O–H groups in total. The number of para-hydroxylation sites is 2. The van der Waals surface area contributed by atoms with Crippen molar-refractivity contribution in [3.05, 3.63) is 72.1 Å². The number of benzene rings is 2. The van der Waals surface area contributed by atoms with Crippen LogP contribution in [0.25, 0.3) is 17.1 Å². The number of imidazole rings is 1. The summed E-state index contributed by atoms with van der Waals surface area (Å²) < 4.78 is 0. The number of thioether (sulfide) groups is 1. The van der Waals surface area contributed by atoms with Crippen LogP contribution in [0.2, 0.25) is 0 Å². The zero-order valence-corrected chi connectivity index (χ0v) is 14.9. The number of fused-ring (bicyclic) bond motifs is 1. The predicted molar refractivity (Wildman–Crippen MR) is 105 cm³/mol. The van der Waals surface area contributed by atoms with Gasteiger partial charge in [0.2, 0.25) is 5.91 Å². The first-order valence-electron chi connectivity index (χ1n) is 8.23. The quantitative estimate of drug-likeness (QED) is 0.628. The van der Waals surface area contributed by atoms with E-state index in [9.17, 15) is 4.79 Å². The maximum atomic E-state index is 12.3. The molecule has 4 nitrogen and oxygen atoms in total. The van der Waals surface area contributed by atoms with Crippen LogP contribution in [0, 0.1) is 0 Å². The largest absolute Gasteiger partial charge is 0.343 e. The fraction of sp³-hybridized carbons (Fsp3) is 0.200. The molecule has 5 heteroatoms. The Kier molecular flexibility index (Phi) is 5.90. The highest BCUT2D eigenvalue weighted by atomic mass is 32.2. The summed E-state index contributed by atoms with van der Waals surface area (Å²) in [6, 6.07) is 17.6. The number of rotatable bonds is 7. The van der Waals surface area contributed by atoms with Crippen molar-refractivity contribution in [3.63, 3.8) is 0 Å². The Hall–Kier alpha value is -2.53. The number of H-pyrrole nitrogens is 1. The van der Waals surface area contributed by atoms with Crippen LogP contribution < -0.4 is 5.32 Å². The van der Waals surface area contributed by atoms with Gasteiger partial charge in [0.25, 0.3) is 0 Å². The van der Waals surface area contributed by atoms with Crippen LogP contribution in [0.5, 0.6) is 0 Å². The first-order valence-corrected chi connectivity index (χ1v) is 9.63. The summed E-state index contributed by atoms with van der Waals surface area (Å²) in [5.74, 6) is 1.64. The maximum absolute atomic E-state index is 12.3. The lowest BCUT2D eigenvalue weighted by molar-refractivity contribution is -0.117. The van der Waals surface area contributed by atoms with Gasteiger partial charge in [-0.05, 0) is 42.2 Å². The highest BCUT2D eigenvalue weighted by Crippen LogP contribution is 2.20. The Balaban J connectivity index is 1.74. The molecule has 25 heavy (non-hydrogen) atoms. The summed E-state index contributed by atoms with van der Waals surface area (Å²) >= 11 is 1.76. The highest BCUT2D eigenvalue weighted by molar-refractivity contribution is 7.98. The van der Waals surface area contributed by atoms with Crippen LogP contribution in [0.15, 0.2) is 60.7 Å². The Morgan fingerprint density at radius 2 is 1.96 bits per heavy atom. The summed E-state index contributed by atoms with van der Waals surface area (Å²) in [5.41, 5.74) is 2.91. The predicted octanol–water partition coefficient (Wildman–Crippen LogP) is 4.19. The lowest BCUT2D eigenvalue weighted by Crippen LogP contribution is -2.28. The third-order valence-electron chi connectivity index (χ3n) is 3.89. The van der Waals surface area contributed by atoms with Gasteiger partial charge >= 0.3 is 0 Å². The number of hydrogen-bond acceptors (Lipinski definition) is 3. The van der Waals surface area contributed by atoms with E-state index in [0.717, 1.165) is 34.6 Å². The van der Waals surface area contributed by atoms with E-state index in [1.807, 2.05) is 60.7 Å². The number of aromatic amines is 1. The maximum Gasteiger partial charge on any atom is 0.244 e. The molecule has 3 aromatic rings. The summed E-state index contributed by atoms with van der Waals surface area (Å²) in [4.78, 5) is 20.3. The first kappa shape index (κ1) is 17.3. The molecule has 1 heterocycles. The van der Waals surface area contributed by atoms with Gasteiger partial charge in [-0.3, -0.25) is 4.79 Å². The average molecular weight is 351 g/mol. The minimum atomic E-state index is -0.132.